The third kappa shape index (κ3) is 4.05. The molecule has 3 aromatic rings. The molecule has 0 aliphatic heterocycles. The van der Waals surface area contributed by atoms with Crippen LogP contribution >= 0.6 is 23.1 Å². The van der Waals surface area contributed by atoms with Crippen molar-refractivity contribution in [2.75, 3.05) is 4.90 Å². The third-order valence-corrected chi connectivity index (χ3v) is 5.38. The monoisotopic (exact) mass is 370 g/mol. The number of para-hydroxylation sites is 1. The Kier molecular flexibility index (Phi) is 5.45. The van der Waals surface area contributed by atoms with Crippen LogP contribution in [0.4, 0.5) is 10.8 Å². The van der Waals surface area contributed by atoms with Gasteiger partial charge in [-0.25, -0.2) is 15.0 Å². The molecule has 1 aromatic carbocycles. The summed E-state index contributed by atoms with van der Waals surface area (Å²) in [4.78, 5) is 27.1. The molecule has 5 nitrogen and oxygen atoms in total. The number of aromatic nitrogens is 3. The number of benzene rings is 1. The van der Waals surface area contributed by atoms with Gasteiger partial charge < -0.3 is 0 Å². The van der Waals surface area contributed by atoms with Gasteiger partial charge in [-0.15, -0.1) is 11.3 Å². The van der Waals surface area contributed by atoms with Gasteiger partial charge in [0.2, 0.25) is 5.91 Å². The van der Waals surface area contributed by atoms with Crippen molar-refractivity contribution in [3.05, 3.63) is 58.9 Å². The Bertz CT molecular complexity index is 860. The number of nitrogens with zero attached hydrogens (tertiary/aromatic N) is 4. The molecule has 0 spiro atoms. The molecule has 7 heteroatoms. The largest absolute Gasteiger partial charge is 0.274 e. The van der Waals surface area contributed by atoms with Gasteiger partial charge in [-0.1, -0.05) is 30.0 Å². The quantitative estimate of drug-likeness (QED) is 0.488. The molecule has 0 aliphatic rings. The van der Waals surface area contributed by atoms with Crippen LogP contribution in [-0.2, 0) is 10.5 Å². The predicted octanol–water partition coefficient (Wildman–Crippen LogP) is 4.53. The van der Waals surface area contributed by atoms with Crippen LogP contribution in [0.1, 0.15) is 23.7 Å². The average molecular weight is 371 g/mol. The minimum Gasteiger partial charge on any atom is -0.274 e. The summed E-state index contributed by atoms with van der Waals surface area (Å²) in [5.74, 6) is 0.622. The fourth-order valence-corrected chi connectivity index (χ4v) is 4.18. The third-order valence-electron chi connectivity index (χ3n) is 3.60. The second-order valence-corrected chi connectivity index (χ2v) is 7.32. The standard InChI is InChI=1S/C18H18N4OS2/c1-12-6-4-7-13(2)16(12)22(14(3)23)18-21-15(11-25-18)10-24-17-19-8-5-9-20-17/h4-9,11H,10H2,1-3H3. The van der Waals surface area contributed by atoms with E-state index in [4.69, 9.17) is 0 Å². The number of hydrogen-bond donors (Lipinski definition) is 0. The Morgan fingerprint density at radius 2 is 1.84 bits per heavy atom. The molecule has 0 aliphatic carbocycles. The molecule has 2 aromatic heterocycles. The SMILES string of the molecule is CC(=O)N(c1nc(CSc2ncccn2)cs1)c1c(C)cccc1C. The molecule has 128 valence electrons. The molecule has 0 N–H and O–H groups in total. The average Bonchev–Trinajstić information content (AvgIpc) is 3.05. The highest BCUT2D eigenvalue weighted by atomic mass is 32.2. The summed E-state index contributed by atoms with van der Waals surface area (Å²) >= 11 is 3.00. The highest BCUT2D eigenvalue weighted by Gasteiger charge is 2.21. The maximum absolute atomic E-state index is 12.3. The van der Waals surface area contributed by atoms with E-state index in [1.165, 1.54) is 23.1 Å². The smallest absolute Gasteiger partial charge is 0.230 e. The fourth-order valence-electron chi connectivity index (χ4n) is 2.51. The van der Waals surface area contributed by atoms with Crippen LogP contribution in [0.15, 0.2) is 47.2 Å². The Labute approximate surface area is 155 Å². The second-order valence-electron chi connectivity index (χ2n) is 5.54. The second kappa shape index (κ2) is 7.76. The van der Waals surface area contributed by atoms with Crippen molar-refractivity contribution >= 4 is 39.8 Å². The van der Waals surface area contributed by atoms with Gasteiger partial charge in [0.1, 0.15) is 0 Å². The zero-order valence-corrected chi connectivity index (χ0v) is 15.9. The highest BCUT2D eigenvalue weighted by molar-refractivity contribution is 7.98. The van der Waals surface area contributed by atoms with Crippen LogP contribution in [0.5, 0.6) is 0 Å². The lowest BCUT2D eigenvalue weighted by molar-refractivity contribution is -0.115. The van der Waals surface area contributed by atoms with E-state index < -0.39 is 0 Å². The lowest BCUT2D eigenvalue weighted by Gasteiger charge is -2.22. The Morgan fingerprint density at radius 3 is 2.48 bits per heavy atom. The molecule has 0 saturated heterocycles. The molecule has 2 heterocycles. The number of aryl methyl sites for hydroxylation is 2. The van der Waals surface area contributed by atoms with Gasteiger partial charge in [0.05, 0.1) is 11.4 Å². The van der Waals surface area contributed by atoms with Gasteiger partial charge in [-0.3, -0.25) is 9.69 Å². The molecule has 0 unspecified atom stereocenters. The summed E-state index contributed by atoms with van der Waals surface area (Å²) in [5.41, 5.74) is 3.93. The van der Waals surface area contributed by atoms with Crippen molar-refractivity contribution in [2.24, 2.45) is 0 Å². The van der Waals surface area contributed by atoms with E-state index in [1.54, 1.807) is 30.3 Å². The first-order valence-corrected chi connectivity index (χ1v) is 9.64. The molecular formula is C18H18N4OS2. The molecule has 0 fully saturated rings. The summed E-state index contributed by atoms with van der Waals surface area (Å²) < 4.78 is 0. The number of anilines is 2. The summed E-state index contributed by atoms with van der Waals surface area (Å²) in [6, 6.07) is 7.81. The molecule has 25 heavy (non-hydrogen) atoms. The number of hydrogen-bond acceptors (Lipinski definition) is 6. The van der Waals surface area contributed by atoms with Crippen LogP contribution in [0.3, 0.4) is 0 Å². The topological polar surface area (TPSA) is 59.0 Å². The molecule has 1 amide bonds. The molecule has 0 bridgehead atoms. The first-order valence-electron chi connectivity index (χ1n) is 7.77. The van der Waals surface area contributed by atoms with Crippen LogP contribution in [-0.4, -0.2) is 20.9 Å². The van der Waals surface area contributed by atoms with Crippen LogP contribution in [0.25, 0.3) is 0 Å². The van der Waals surface area contributed by atoms with Crippen molar-refractivity contribution in [1.82, 2.24) is 15.0 Å². The van der Waals surface area contributed by atoms with Crippen molar-refractivity contribution < 1.29 is 4.79 Å². The zero-order chi connectivity index (χ0) is 17.8. The zero-order valence-electron chi connectivity index (χ0n) is 14.3. The number of amides is 1. The summed E-state index contributed by atoms with van der Waals surface area (Å²) in [5, 5.41) is 3.39. The number of carbonyl (C=O) groups excluding carboxylic acids is 1. The molecule has 0 atom stereocenters. The summed E-state index contributed by atoms with van der Waals surface area (Å²) in [6.45, 7) is 5.59. The lowest BCUT2D eigenvalue weighted by atomic mass is 10.1. The van der Waals surface area contributed by atoms with E-state index in [0.717, 1.165) is 27.7 Å². The van der Waals surface area contributed by atoms with Crippen molar-refractivity contribution in [3.63, 3.8) is 0 Å². The number of carbonyl (C=O) groups is 1. The van der Waals surface area contributed by atoms with Crippen molar-refractivity contribution in [2.45, 2.75) is 31.7 Å². The van der Waals surface area contributed by atoms with Gasteiger partial charge in [0.25, 0.3) is 0 Å². The summed E-state index contributed by atoms with van der Waals surface area (Å²) in [6.07, 6.45) is 3.44. The molecule has 0 saturated carbocycles. The van der Waals surface area contributed by atoms with E-state index in [1.807, 2.05) is 37.4 Å². The van der Waals surface area contributed by atoms with E-state index >= 15 is 0 Å². The van der Waals surface area contributed by atoms with Gasteiger partial charge in [0, 0.05) is 30.5 Å². The Balaban J connectivity index is 1.84. The van der Waals surface area contributed by atoms with Crippen LogP contribution in [0, 0.1) is 13.8 Å². The number of thiazole rings is 1. The van der Waals surface area contributed by atoms with Crippen LogP contribution in [0.2, 0.25) is 0 Å². The van der Waals surface area contributed by atoms with Crippen molar-refractivity contribution in [3.8, 4) is 0 Å². The van der Waals surface area contributed by atoms with Gasteiger partial charge in [-0.2, -0.15) is 0 Å². The van der Waals surface area contributed by atoms with Crippen LogP contribution < -0.4 is 4.90 Å². The van der Waals surface area contributed by atoms with Gasteiger partial charge in [-0.05, 0) is 31.0 Å². The highest BCUT2D eigenvalue weighted by Crippen LogP contribution is 2.34. The van der Waals surface area contributed by atoms with E-state index in [0.29, 0.717) is 10.9 Å². The first kappa shape index (κ1) is 17.6. The minimum atomic E-state index is -0.0441. The van der Waals surface area contributed by atoms with E-state index in [9.17, 15) is 4.79 Å². The minimum absolute atomic E-state index is 0.0441. The van der Waals surface area contributed by atoms with E-state index in [2.05, 4.69) is 15.0 Å². The van der Waals surface area contributed by atoms with Gasteiger partial charge in [0.15, 0.2) is 10.3 Å². The molecule has 3 rings (SSSR count). The maximum Gasteiger partial charge on any atom is 0.230 e. The fraction of sp³-hybridized carbons (Fsp3) is 0.222. The summed E-state index contributed by atoms with van der Waals surface area (Å²) in [7, 11) is 0. The van der Waals surface area contributed by atoms with Gasteiger partial charge >= 0.3 is 0 Å². The van der Waals surface area contributed by atoms with E-state index in [-0.39, 0.29) is 5.91 Å². The lowest BCUT2D eigenvalue weighted by Crippen LogP contribution is -2.24. The Morgan fingerprint density at radius 1 is 1.16 bits per heavy atom. The number of thioether (sulfide) groups is 1. The van der Waals surface area contributed by atoms with Crippen molar-refractivity contribution in [1.29, 1.82) is 0 Å². The molecular weight excluding hydrogens is 352 g/mol. The molecule has 0 radical (unpaired) electrons. The Hall–Kier alpha value is -2.25. The predicted molar refractivity (Wildman–Crippen MR) is 102 cm³/mol. The maximum atomic E-state index is 12.3. The number of rotatable bonds is 5. The normalized spacial score (nSPS) is 10.7. The first-order chi connectivity index (χ1) is 12.1.